The first kappa shape index (κ1) is 22.0. The van der Waals surface area contributed by atoms with E-state index in [0.29, 0.717) is 5.56 Å². The molecule has 2 amide bonds. The van der Waals surface area contributed by atoms with E-state index in [2.05, 4.69) is 28.6 Å². The lowest BCUT2D eigenvalue weighted by Crippen LogP contribution is -2.26. The van der Waals surface area contributed by atoms with Gasteiger partial charge in [-0.15, -0.1) is 0 Å². The Morgan fingerprint density at radius 1 is 0.794 bits per heavy atom. The SMILES string of the molecule is CC1CCC(C(=O)Nc2ccc3[nH]c(-c4ccc(NC(=O)c5ccccc5)cc4)cc3c2)CC1. The Labute approximate surface area is 199 Å². The molecule has 3 aromatic carbocycles. The second-order valence-corrected chi connectivity index (χ2v) is 9.33. The molecule has 5 rings (SSSR count). The van der Waals surface area contributed by atoms with Crippen LogP contribution < -0.4 is 10.6 Å². The third-order valence-corrected chi connectivity index (χ3v) is 6.76. The number of hydrogen-bond acceptors (Lipinski definition) is 2. The lowest BCUT2D eigenvalue weighted by Gasteiger charge is -2.25. The molecule has 1 aliphatic carbocycles. The van der Waals surface area contributed by atoms with Gasteiger partial charge in [-0.25, -0.2) is 0 Å². The van der Waals surface area contributed by atoms with Crippen LogP contribution in [0.2, 0.25) is 0 Å². The van der Waals surface area contributed by atoms with Gasteiger partial charge in [0, 0.05) is 39.5 Å². The van der Waals surface area contributed by atoms with Crippen molar-refractivity contribution >= 4 is 34.1 Å². The van der Waals surface area contributed by atoms with Gasteiger partial charge in [0.05, 0.1) is 0 Å². The van der Waals surface area contributed by atoms with E-state index in [1.54, 1.807) is 12.1 Å². The van der Waals surface area contributed by atoms with Crippen LogP contribution in [0.4, 0.5) is 11.4 Å². The van der Waals surface area contributed by atoms with Crippen LogP contribution in [0.5, 0.6) is 0 Å². The van der Waals surface area contributed by atoms with Crippen molar-refractivity contribution in [3.8, 4) is 11.3 Å². The zero-order valence-electron chi connectivity index (χ0n) is 19.3. The number of benzene rings is 3. The molecular formula is C29H29N3O2. The monoisotopic (exact) mass is 451 g/mol. The van der Waals surface area contributed by atoms with Crippen molar-refractivity contribution in [3.05, 3.63) is 84.4 Å². The summed E-state index contributed by atoms with van der Waals surface area (Å²) < 4.78 is 0. The minimum Gasteiger partial charge on any atom is -0.355 e. The summed E-state index contributed by atoms with van der Waals surface area (Å²) in [6, 6.07) is 25.0. The third kappa shape index (κ3) is 4.88. The fourth-order valence-electron chi connectivity index (χ4n) is 4.66. The predicted molar refractivity (Wildman–Crippen MR) is 138 cm³/mol. The lowest BCUT2D eigenvalue weighted by molar-refractivity contribution is -0.121. The van der Waals surface area contributed by atoms with Crippen molar-refractivity contribution < 1.29 is 9.59 Å². The average Bonchev–Trinajstić information content (AvgIpc) is 3.29. The van der Waals surface area contributed by atoms with Crippen molar-refractivity contribution in [2.75, 3.05) is 10.6 Å². The normalized spacial score (nSPS) is 17.9. The van der Waals surface area contributed by atoms with Crippen molar-refractivity contribution in [1.29, 1.82) is 0 Å². The molecule has 1 heterocycles. The Morgan fingerprint density at radius 3 is 2.24 bits per heavy atom. The number of H-pyrrole nitrogens is 1. The summed E-state index contributed by atoms with van der Waals surface area (Å²) >= 11 is 0. The van der Waals surface area contributed by atoms with E-state index in [-0.39, 0.29) is 17.7 Å². The maximum atomic E-state index is 12.7. The van der Waals surface area contributed by atoms with Crippen molar-refractivity contribution in [2.45, 2.75) is 32.6 Å². The molecule has 5 heteroatoms. The van der Waals surface area contributed by atoms with E-state index in [1.165, 1.54) is 0 Å². The third-order valence-electron chi connectivity index (χ3n) is 6.76. The molecule has 0 aliphatic heterocycles. The summed E-state index contributed by atoms with van der Waals surface area (Å²) in [5.74, 6) is 0.855. The number of hydrogen-bond donors (Lipinski definition) is 3. The first-order valence-electron chi connectivity index (χ1n) is 12.0. The number of rotatable bonds is 5. The van der Waals surface area contributed by atoms with Gasteiger partial charge < -0.3 is 15.6 Å². The Hall–Kier alpha value is -3.86. The van der Waals surface area contributed by atoms with Gasteiger partial charge in [-0.1, -0.05) is 37.3 Å². The zero-order chi connectivity index (χ0) is 23.5. The Bertz CT molecular complexity index is 1300. The van der Waals surface area contributed by atoms with Gasteiger partial charge in [-0.05, 0) is 85.7 Å². The average molecular weight is 452 g/mol. The highest BCUT2D eigenvalue weighted by Crippen LogP contribution is 2.30. The summed E-state index contributed by atoms with van der Waals surface area (Å²) in [5, 5.41) is 7.09. The molecule has 0 unspecified atom stereocenters. The number of aromatic amines is 1. The van der Waals surface area contributed by atoms with Crippen LogP contribution in [-0.4, -0.2) is 16.8 Å². The van der Waals surface area contributed by atoms with Crippen LogP contribution in [0.15, 0.2) is 78.9 Å². The number of aromatic nitrogens is 1. The number of carbonyl (C=O) groups excluding carboxylic acids is 2. The molecule has 1 saturated carbocycles. The molecule has 0 bridgehead atoms. The predicted octanol–water partition coefficient (Wildman–Crippen LogP) is 6.85. The van der Waals surface area contributed by atoms with E-state index in [1.807, 2.05) is 60.7 Å². The molecular weight excluding hydrogens is 422 g/mol. The molecule has 3 N–H and O–H groups in total. The quantitative estimate of drug-likeness (QED) is 0.310. The first-order valence-corrected chi connectivity index (χ1v) is 12.0. The molecule has 0 atom stereocenters. The topological polar surface area (TPSA) is 74.0 Å². The summed E-state index contributed by atoms with van der Waals surface area (Å²) in [6.45, 7) is 2.26. The molecule has 1 aliphatic rings. The standard InChI is InChI=1S/C29H29N3O2/c1-19-7-9-22(10-8-19)29(34)31-25-15-16-26-23(17-25)18-27(32-26)20-11-13-24(14-12-20)30-28(33)21-5-3-2-4-6-21/h2-6,11-19,22,32H,7-10H2,1H3,(H,30,33)(H,31,34). The van der Waals surface area contributed by atoms with E-state index < -0.39 is 0 Å². The summed E-state index contributed by atoms with van der Waals surface area (Å²) in [4.78, 5) is 28.5. The summed E-state index contributed by atoms with van der Waals surface area (Å²) in [5.41, 5.74) is 5.23. The molecule has 34 heavy (non-hydrogen) atoms. The van der Waals surface area contributed by atoms with Crippen LogP contribution >= 0.6 is 0 Å². The minimum atomic E-state index is -0.128. The second-order valence-electron chi connectivity index (χ2n) is 9.33. The van der Waals surface area contributed by atoms with Gasteiger partial charge in [0.25, 0.3) is 5.91 Å². The highest BCUT2D eigenvalue weighted by Gasteiger charge is 2.24. The number of fused-ring (bicyclic) bond motifs is 1. The Kier molecular flexibility index (Phi) is 6.17. The molecule has 4 aromatic rings. The van der Waals surface area contributed by atoms with Crippen LogP contribution in [0.1, 0.15) is 43.0 Å². The van der Waals surface area contributed by atoms with Gasteiger partial charge in [0.1, 0.15) is 0 Å². The maximum absolute atomic E-state index is 12.7. The molecule has 0 spiro atoms. The van der Waals surface area contributed by atoms with Crippen molar-refractivity contribution in [3.63, 3.8) is 0 Å². The lowest BCUT2D eigenvalue weighted by atomic mass is 9.82. The van der Waals surface area contributed by atoms with E-state index in [0.717, 1.165) is 65.1 Å². The van der Waals surface area contributed by atoms with Gasteiger partial charge >= 0.3 is 0 Å². The van der Waals surface area contributed by atoms with Gasteiger partial charge in [-0.2, -0.15) is 0 Å². The van der Waals surface area contributed by atoms with Crippen LogP contribution in [0.3, 0.4) is 0 Å². The van der Waals surface area contributed by atoms with Gasteiger partial charge in [-0.3, -0.25) is 9.59 Å². The number of nitrogens with one attached hydrogen (secondary N) is 3. The van der Waals surface area contributed by atoms with E-state index in [4.69, 9.17) is 0 Å². The highest BCUT2D eigenvalue weighted by atomic mass is 16.2. The molecule has 1 aromatic heterocycles. The fourth-order valence-corrected chi connectivity index (χ4v) is 4.66. The first-order chi connectivity index (χ1) is 16.5. The molecule has 172 valence electrons. The van der Waals surface area contributed by atoms with Gasteiger partial charge in [0.15, 0.2) is 0 Å². The molecule has 0 radical (unpaired) electrons. The smallest absolute Gasteiger partial charge is 0.255 e. The van der Waals surface area contributed by atoms with Crippen molar-refractivity contribution in [2.24, 2.45) is 11.8 Å². The maximum Gasteiger partial charge on any atom is 0.255 e. The number of amides is 2. The summed E-state index contributed by atoms with van der Waals surface area (Å²) in [6.07, 6.45) is 4.22. The largest absolute Gasteiger partial charge is 0.355 e. The Balaban J connectivity index is 1.27. The molecule has 0 saturated heterocycles. The van der Waals surface area contributed by atoms with Crippen LogP contribution in [0, 0.1) is 11.8 Å². The van der Waals surface area contributed by atoms with Gasteiger partial charge in [0.2, 0.25) is 5.91 Å². The highest BCUT2D eigenvalue weighted by molar-refractivity contribution is 6.04. The summed E-state index contributed by atoms with van der Waals surface area (Å²) in [7, 11) is 0. The minimum absolute atomic E-state index is 0.120. The van der Waals surface area contributed by atoms with Crippen LogP contribution in [-0.2, 0) is 4.79 Å². The van der Waals surface area contributed by atoms with Crippen LogP contribution in [0.25, 0.3) is 22.2 Å². The Morgan fingerprint density at radius 2 is 1.50 bits per heavy atom. The van der Waals surface area contributed by atoms with E-state index >= 15 is 0 Å². The molecule has 1 fully saturated rings. The number of carbonyl (C=O) groups is 2. The fraction of sp³-hybridized carbons (Fsp3) is 0.241. The second kappa shape index (κ2) is 9.56. The zero-order valence-corrected chi connectivity index (χ0v) is 19.3. The molecule has 5 nitrogen and oxygen atoms in total. The van der Waals surface area contributed by atoms with Crippen molar-refractivity contribution in [1.82, 2.24) is 4.98 Å². The number of anilines is 2. The van der Waals surface area contributed by atoms with E-state index in [9.17, 15) is 9.59 Å².